The first-order valence-corrected chi connectivity index (χ1v) is 8.28. The third kappa shape index (κ3) is 5.09. The van der Waals surface area contributed by atoms with Crippen LogP contribution in [0.2, 0.25) is 0 Å². The van der Waals surface area contributed by atoms with Crippen molar-refractivity contribution < 1.29 is 31.9 Å². The van der Waals surface area contributed by atoms with Gasteiger partial charge in [0, 0.05) is 12.1 Å². The summed E-state index contributed by atoms with van der Waals surface area (Å²) in [7, 11) is 0. The summed E-state index contributed by atoms with van der Waals surface area (Å²) in [6.45, 7) is -0.608. The Kier molecular flexibility index (Phi) is 5.62. The number of rotatable bonds is 6. The number of para-hydroxylation sites is 2. The molecule has 1 amide bonds. The smallest absolute Gasteiger partial charge is 0.416 e. The predicted octanol–water partition coefficient (Wildman–Crippen LogP) is 3.96. The van der Waals surface area contributed by atoms with Gasteiger partial charge in [-0.05, 0) is 30.3 Å². The number of aryl methyl sites for hydroxylation is 1. The molecule has 0 radical (unpaired) electrons. The van der Waals surface area contributed by atoms with Crippen molar-refractivity contribution >= 4 is 28.7 Å². The van der Waals surface area contributed by atoms with Gasteiger partial charge in [-0.3, -0.25) is 9.59 Å². The van der Waals surface area contributed by atoms with Crippen LogP contribution in [-0.2, 0) is 26.9 Å². The molecule has 0 unspecified atom stereocenters. The molecule has 28 heavy (non-hydrogen) atoms. The van der Waals surface area contributed by atoms with Gasteiger partial charge >= 0.3 is 12.1 Å². The van der Waals surface area contributed by atoms with E-state index in [-0.39, 0.29) is 18.5 Å². The molecule has 0 bridgehead atoms. The number of amides is 1. The molecule has 0 aliphatic carbocycles. The van der Waals surface area contributed by atoms with Crippen molar-refractivity contribution in [3.63, 3.8) is 0 Å². The van der Waals surface area contributed by atoms with Crippen LogP contribution in [0.3, 0.4) is 0 Å². The average Bonchev–Trinajstić information content (AvgIpc) is 3.07. The van der Waals surface area contributed by atoms with E-state index in [1.807, 2.05) is 6.07 Å². The Morgan fingerprint density at radius 2 is 1.89 bits per heavy atom. The summed E-state index contributed by atoms with van der Waals surface area (Å²) < 4.78 is 48.3. The summed E-state index contributed by atoms with van der Waals surface area (Å²) in [6, 6.07) is 11.3. The van der Waals surface area contributed by atoms with Gasteiger partial charge in [-0.1, -0.05) is 18.2 Å². The van der Waals surface area contributed by atoms with E-state index in [0.29, 0.717) is 17.0 Å². The molecule has 0 aliphatic rings. The number of nitrogens with zero attached hydrogens (tertiary/aromatic N) is 1. The maximum absolute atomic E-state index is 12.7. The molecule has 0 atom stereocenters. The fraction of sp³-hybridized carbons (Fsp3) is 0.211. The van der Waals surface area contributed by atoms with E-state index in [4.69, 9.17) is 9.15 Å². The zero-order valence-electron chi connectivity index (χ0n) is 14.5. The Bertz CT molecular complexity index is 965. The number of ether oxygens (including phenoxy) is 1. The van der Waals surface area contributed by atoms with Crippen molar-refractivity contribution in [2.45, 2.75) is 19.0 Å². The Labute approximate surface area is 157 Å². The number of carbonyl (C=O) groups is 2. The minimum atomic E-state index is -4.52. The first-order chi connectivity index (χ1) is 13.3. The van der Waals surface area contributed by atoms with Crippen molar-refractivity contribution in [1.82, 2.24) is 4.98 Å². The summed E-state index contributed by atoms with van der Waals surface area (Å²) in [5.74, 6) is -1.03. The van der Waals surface area contributed by atoms with Gasteiger partial charge in [-0.15, -0.1) is 0 Å². The highest BCUT2D eigenvalue weighted by atomic mass is 19.4. The zero-order chi connectivity index (χ0) is 20.1. The molecule has 3 rings (SSSR count). The van der Waals surface area contributed by atoms with Crippen LogP contribution in [0.4, 0.5) is 18.9 Å². The summed E-state index contributed by atoms with van der Waals surface area (Å²) in [4.78, 5) is 27.7. The number of aromatic nitrogens is 1. The highest BCUT2D eigenvalue weighted by molar-refractivity contribution is 5.92. The molecular formula is C19H15F3N2O4. The fourth-order valence-corrected chi connectivity index (χ4v) is 2.42. The molecular weight excluding hydrogens is 377 g/mol. The van der Waals surface area contributed by atoms with Gasteiger partial charge in [0.15, 0.2) is 18.1 Å². The second kappa shape index (κ2) is 8.12. The number of oxazole rings is 1. The number of hydrogen-bond acceptors (Lipinski definition) is 5. The third-order valence-corrected chi connectivity index (χ3v) is 3.72. The number of anilines is 1. The molecule has 0 fully saturated rings. The van der Waals surface area contributed by atoms with E-state index in [9.17, 15) is 22.8 Å². The maximum atomic E-state index is 12.7. The quantitative estimate of drug-likeness (QED) is 0.642. The molecule has 2 aromatic carbocycles. The third-order valence-electron chi connectivity index (χ3n) is 3.72. The van der Waals surface area contributed by atoms with Gasteiger partial charge in [-0.2, -0.15) is 13.2 Å². The van der Waals surface area contributed by atoms with Gasteiger partial charge in [0.2, 0.25) is 0 Å². The lowest BCUT2D eigenvalue weighted by atomic mass is 10.2. The minimum absolute atomic E-state index is 0.0395. The normalized spacial score (nSPS) is 11.4. The summed E-state index contributed by atoms with van der Waals surface area (Å²) >= 11 is 0. The van der Waals surface area contributed by atoms with E-state index >= 15 is 0 Å². The molecule has 3 aromatic rings. The second-order valence-corrected chi connectivity index (χ2v) is 5.86. The Morgan fingerprint density at radius 1 is 1.11 bits per heavy atom. The molecule has 1 heterocycles. The topological polar surface area (TPSA) is 81.4 Å². The number of carbonyl (C=O) groups excluding carboxylic acids is 2. The van der Waals surface area contributed by atoms with Crippen LogP contribution >= 0.6 is 0 Å². The number of fused-ring (bicyclic) bond motifs is 1. The first kappa shape index (κ1) is 19.4. The molecule has 1 N–H and O–H groups in total. The highest BCUT2D eigenvalue weighted by Gasteiger charge is 2.30. The minimum Gasteiger partial charge on any atom is -0.456 e. The number of benzene rings is 2. The van der Waals surface area contributed by atoms with Gasteiger partial charge in [0.1, 0.15) is 5.52 Å². The predicted molar refractivity (Wildman–Crippen MR) is 93.4 cm³/mol. The number of esters is 1. The molecule has 0 saturated heterocycles. The largest absolute Gasteiger partial charge is 0.456 e. The fourth-order valence-electron chi connectivity index (χ4n) is 2.42. The standard InChI is InChI=1S/C19H15F3N2O4/c20-19(21,22)12-4-3-5-13(10-12)23-16(25)11-27-18(26)9-8-17-24-14-6-1-2-7-15(14)28-17/h1-7,10H,8-9,11H2,(H,23,25). The van der Waals surface area contributed by atoms with Gasteiger partial charge < -0.3 is 14.5 Å². The van der Waals surface area contributed by atoms with Gasteiger partial charge in [0.05, 0.1) is 12.0 Å². The Hall–Kier alpha value is -3.36. The van der Waals surface area contributed by atoms with Crippen LogP contribution in [0, 0.1) is 0 Å². The molecule has 0 aliphatic heterocycles. The van der Waals surface area contributed by atoms with E-state index in [0.717, 1.165) is 12.1 Å². The lowest BCUT2D eigenvalue weighted by molar-refractivity contribution is -0.147. The molecule has 1 aromatic heterocycles. The van der Waals surface area contributed by atoms with E-state index in [2.05, 4.69) is 10.3 Å². The Balaban J connectivity index is 1.46. The van der Waals surface area contributed by atoms with Crippen LogP contribution in [0.5, 0.6) is 0 Å². The van der Waals surface area contributed by atoms with Crippen molar-refractivity contribution in [3.05, 3.63) is 60.0 Å². The van der Waals surface area contributed by atoms with Gasteiger partial charge in [-0.25, -0.2) is 4.98 Å². The van der Waals surface area contributed by atoms with Crippen molar-refractivity contribution in [3.8, 4) is 0 Å². The number of alkyl halides is 3. The zero-order valence-corrected chi connectivity index (χ0v) is 14.5. The number of hydrogen-bond donors (Lipinski definition) is 1. The van der Waals surface area contributed by atoms with Crippen molar-refractivity contribution in [2.75, 3.05) is 11.9 Å². The molecule has 146 valence electrons. The van der Waals surface area contributed by atoms with E-state index in [1.165, 1.54) is 12.1 Å². The summed E-state index contributed by atoms with van der Waals surface area (Å²) in [5, 5.41) is 2.25. The van der Waals surface area contributed by atoms with Crippen LogP contribution in [-0.4, -0.2) is 23.5 Å². The highest BCUT2D eigenvalue weighted by Crippen LogP contribution is 2.30. The van der Waals surface area contributed by atoms with Crippen molar-refractivity contribution in [2.24, 2.45) is 0 Å². The lowest BCUT2D eigenvalue weighted by Crippen LogP contribution is -2.21. The SMILES string of the molecule is O=C(COC(=O)CCc1nc2ccccc2o1)Nc1cccc(C(F)(F)F)c1. The van der Waals surface area contributed by atoms with Crippen LogP contribution < -0.4 is 5.32 Å². The first-order valence-electron chi connectivity index (χ1n) is 8.28. The van der Waals surface area contributed by atoms with Crippen molar-refractivity contribution in [1.29, 1.82) is 0 Å². The average molecular weight is 392 g/mol. The summed E-state index contributed by atoms with van der Waals surface area (Å²) in [6.07, 6.45) is -4.37. The molecule has 9 heteroatoms. The number of halogens is 3. The van der Waals surface area contributed by atoms with Gasteiger partial charge in [0.25, 0.3) is 5.91 Å². The van der Waals surface area contributed by atoms with Crippen LogP contribution in [0.25, 0.3) is 11.1 Å². The molecule has 0 saturated carbocycles. The van der Waals surface area contributed by atoms with Crippen LogP contribution in [0.1, 0.15) is 17.9 Å². The van der Waals surface area contributed by atoms with E-state index < -0.39 is 30.2 Å². The molecule has 0 spiro atoms. The number of nitrogens with one attached hydrogen (secondary N) is 1. The Morgan fingerprint density at radius 3 is 2.64 bits per heavy atom. The van der Waals surface area contributed by atoms with Crippen LogP contribution in [0.15, 0.2) is 52.9 Å². The monoisotopic (exact) mass is 392 g/mol. The lowest BCUT2D eigenvalue weighted by Gasteiger charge is -2.10. The maximum Gasteiger partial charge on any atom is 0.416 e. The van der Waals surface area contributed by atoms with E-state index in [1.54, 1.807) is 18.2 Å². The summed E-state index contributed by atoms with van der Waals surface area (Å²) in [5.41, 5.74) is 0.348. The molecule has 6 nitrogen and oxygen atoms in total. The second-order valence-electron chi connectivity index (χ2n) is 5.86.